The molecular weight excluding hydrogens is 174 g/mol. The first kappa shape index (κ1) is 10.4. The molecule has 4 N–H and O–H groups in total. The Kier molecular flexibility index (Phi) is 3.24. The zero-order valence-corrected chi connectivity index (χ0v) is 7.36. The van der Waals surface area contributed by atoms with Gasteiger partial charge < -0.3 is 20.6 Å². The standard InChI is InChI=1S/C8H15NO4/c10-5-8(1-2-8)9-4-6(11)3-7(12)13/h6,9-11H,1-5H2,(H,12,13). The lowest BCUT2D eigenvalue weighted by Crippen LogP contribution is -2.40. The average Bonchev–Trinajstić information content (AvgIpc) is 2.80. The molecule has 0 bridgehead atoms. The zero-order valence-electron chi connectivity index (χ0n) is 7.36. The van der Waals surface area contributed by atoms with Crippen LogP contribution in [-0.4, -0.2) is 46.1 Å². The summed E-state index contributed by atoms with van der Waals surface area (Å²) in [6.07, 6.45) is 0.655. The van der Waals surface area contributed by atoms with Crippen LogP contribution in [0, 0.1) is 0 Å². The molecule has 13 heavy (non-hydrogen) atoms. The van der Waals surface area contributed by atoms with Gasteiger partial charge in [-0.25, -0.2) is 0 Å². The number of hydrogen-bond donors (Lipinski definition) is 4. The van der Waals surface area contributed by atoms with Crippen molar-refractivity contribution in [2.75, 3.05) is 13.2 Å². The van der Waals surface area contributed by atoms with Crippen LogP contribution in [0.3, 0.4) is 0 Å². The summed E-state index contributed by atoms with van der Waals surface area (Å²) in [4.78, 5) is 10.2. The molecule has 0 spiro atoms. The SMILES string of the molecule is O=C(O)CC(O)CNC1(CO)CC1. The lowest BCUT2D eigenvalue weighted by molar-refractivity contribution is -0.139. The number of carboxylic acid groups (broad SMARTS) is 1. The number of β-amino-alcohol motifs (C(OH)–C–C–N with tert-alkyl or cyclic N) is 1. The number of hydrogen-bond acceptors (Lipinski definition) is 4. The molecule has 1 rings (SSSR count). The van der Waals surface area contributed by atoms with E-state index in [9.17, 15) is 9.90 Å². The van der Waals surface area contributed by atoms with Gasteiger partial charge in [0.25, 0.3) is 0 Å². The van der Waals surface area contributed by atoms with Crippen molar-refractivity contribution in [3.8, 4) is 0 Å². The maximum Gasteiger partial charge on any atom is 0.306 e. The predicted molar refractivity (Wildman–Crippen MR) is 45.3 cm³/mol. The molecular formula is C8H15NO4. The molecule has 5 nitrogen and oxygen atoms in total. The first-order valence-electron chi connectivity index (χ1n) is 4.34. The third-order valence-electron chi connectivity index (χ3n) is 2.28. The van der Waals surface area contributed by atoms with Gasteiger partial charge in [-0.05, 0) is 12.8 Å². The van der Waals surface area contributed by atoms with Crippen molar-refractivity contribution in [3.05, 3.63) is 0 Å². The molecule has 0 aromatic carbocycles. The summed E-state index contributed by atoms with van der Waals surface area (Å²) in [6, 6.07) is 0. The molecule has 0 aromatic rings. The Labute approximate surface area is 76.4 Å². The Morgan fingerprint density at radius 1 is 1.54 bits per heavy atom. The lowest BCUT2D eigenvalue weighted by atomic mass is 10.2. The Morgan fingerprint density at radius 2 is 2.15 bits per heavy atom. The molecule has 1 unspecified atom stereocenters. The van der Waals surface area contributed by atoms with E-state index in [0.717, 1.165) is 12.8 Å². The second-order valence-electron chi connectivity index (χ2n) is 3.57. The molecule has 0 heterocycles. The van der Waals surface area contributed by atoms with E-state index in [2.05, 4.69) is 5.32 Å². The lowest BCUT2D eigenvalue weighted by Gasteiger charge is -2.16. The van der Waals surface area contributed by atoms with E-state index in [-0.39, 0.29) is 25.1 Å². The molecule has 5 heteroatoms. The second-order valence-corrected chi connectivity index (χ2v) is 3.57. The van der Waals surface area contributed by atoms with Crippen LogP contribution in [0.2, 0.25) is 0 Å². The van der Waals surface area contributed by atoms with Gasteiger partial charge in [0.05, 0.1) is 19.1 Å². The van der Waals surface area contributed by atoms with Crippen LogP contribution < -0.4 is 5.32 Å². The van der Waals surface area contributed by atoms with Crippen molar-refractivity contribution in [1.82, 2.24) is 5.32 Å². The molecule has 0 amide bonds. The largest absolute Gasteiger partial charge is 0.481 e. The van der Waals surface area contributed by atoms with Gasteiger partial charge in [0.15, 0.2) is 0 Å². The van der Waals surface area contributed by atoms with Gasteiger partial charge >= 0.3 is 5.97 Å². The number of aliphatic hydroxyl groups excluding tert-OH is 2. The third kappa shape index (κ3) is 3.30. The monoisotopic (exact) mass is 189 g/mol. The molecule has 0 aromatic heterocycles. The van der Waals surface area contributed by atoms with E-state index >= 15 is 0 Å². The molecule has 0 radical (unpaired) electrons. The predicted octanol–water partition coefficient (Wildman–Crippen LogP) is -1.06. The maximum atomic E-state index is 10.2. The molecule has 0 saturated heterocycles. The van der Waals surface area contributed by atoms with Crippen LogP contribution in [0.15, 0.2) is 0 Å². The highest BCUT2D eigenvalue weighted by molar-refractivity contribution is 5.67. The van der Waals surface area contributed by atoms with Gasteiger partial charge in [-0.2, -0.15) is 0 Å². The van der Waals surface area contributed by atoms with Crippen molar-refractivity contribution in [2.45, 2.75) is 30.9 Å². The van der Waals surface area contributed by atoms with Crippen LogP contribution in [-0.2, 0) is 4.79 Å². The van der Waals surface area contributed by atoms with E-state index in [4.69, 9.17) is 10.2 Å². The topological polar surface area (TPSA) is 89.8 Å². The highest BCUT2D eigenvalue weighted by Gasteiger charge is 2.41. The van der Waals surface area contributed by atoms with Crippen molar-refractivity contribution in [2.24, 2.45) is 0 Å². The maximum absolute atomic E-state index is 10.2. The number of rotatable bonds is 6. The molecule has 76 valence electrons. The van der Waals surface area contributed by atoms with Crippen molar-refractivity contribution < 1.29 is 20.1 Å². The average molecular weight is 189 g/mol. The molecule has 1 aliphatic carbocycles. The number of carboxylic acids is 1. The van der Waals surface area contributed by atoms with Crippen molar-refractivity contribution >= 4 is 5.97 Å². The van der Waals surface area contributed by atoms with Gasteiger partial charge in [-0.1, -0.05) is 0 Å². The van der Waals surface area contributed by atoms with Crippen LogP contribution >= 0.6 is 0 Å². The summed E-state index contributed by atoms with van der Waals surface area (Å²) in [5, 5.41) is 29.4. The smallest absolute Gasteiger partial charge is 0.306 e. The first-order chi connectivity index (χ1) is 6.08. The number of aliphatic hydroxyl groups is 2. The van der Waals surface area contributed by atoms with E-state index in [0.29, 0.717) is 0 Å². The summed E-state index contributed by atoms with van der Waals surface area (Å²) >= 11 is 0. The normalized spacial score (nSPS) is 21.1. The first-order valence-corrected chi connectivity index (χ1v) is 4.34. The Balaban J connectivity index is 2.15. The number of nitrogens with one attached hydrogen (secondary N) is 1. The van der Waals surface area contributed by atoms with Crippen molar-refractivity contribution in [1.29, 1.82) is 0 Å². The fourth-order valence-corrected chi connectivity index (χ4v) is 1.15. The third-order valence-corrected chi connectivity index (χ3v) is 2.28. The van der Waals surface area contributed by atoms with Gasteiger partial charge in [-0.3, -0.25) is 4.79 Å². The Hall–Kier alpha value is -0.650. The summed E-state index contributed by atoms with van der Waals surface area (Å²) in [5.41, 5.74) is -0.237. The van der Waals surface area contributed by atoms with Gasteiger partial charge in [0.2, 0.25) is 0 Å². The molecule has 1 atom stereocenters. The Bertz CT molecular complexity index is 191. The van der Waals surface area contributed by atoms with E-state index < -0.39 is 12.1 Å². The fraction of sp³-hybridized carbons (Fsp3) is 0.875. The van der Waals surface area contributed by atoms with E-state index in [1.54, 1.807) is 0 Å². The van der Waals surface area contributed by atoms with Crippen LogP contribution in [0.5, 0.6) is 0 Å². The van der Waals surface area contributed by atoms with Crippen LogP contribution in [0.4, 0.5) is 0 Å². The van der Waals surface area contributed by atoms with Gasteiger partial charge in [0.1, 0.15) is 0 Å². The minimum absolute atomic E-state index is 0.0484. The number of carbonyl (C=O) groups is 1. The van der Waals surface area contributed by atoms with Crippen molar-refractivity contribution in [3.63, 3.8) is 0 Å². The summed E-state index contributed by atoms with van der Waals surface area (Å²) in [5.74, 6) is -1.01. The summed E-state index contributed by atoms with van der Waals surface area (Å²) in [7, 11) is 0. The minimum Gasteiger partial charge on any atom is -0.481 e. The molecule has 0 aliphatic heterocycles. The summed E-state index contributed by atoms with van der Waals surface area (Å²) in [6.45, 7) is 0.277. The van der Waals surface area contributed by atoms with Gasteiger partial charge in [0, 0.05) is 12.1 Å². The fourth-order valence-electron chi connectivity index (χ4n) is 1.15. The highest BCUT2D eigenvalue weighted by atomic mass is 16.4. The van der Waals surface area contributed by atoms with Crippen LogP contribution in [0.25, 0.3) is 0 Å². The van der Waals surface area contributed by atoms with E-state index in [1.165, 1.54) is 0 Å². The Morgan fingerprint density at radius 3 is 2.54 bits per heavy atom. The zero-order chi connectivity index (χ0) is 9.90. The summed E-state index contributed by atoms with van der Waals surface area (Å²) < 4.78 is 0. The minimum atomic E-state index is -1.01. The van der Waals surface area contributed by atoms with Gasteiger partial charge in [-0.15, -0.1) is 0 Å². The molecule has 1 fully saturated rings. The number of aliphatic carboxylic acids is 1. The second kappa shape index (κ2) is 4.04. The quantitative estimate of drug-likeness (QED) is 0.427. The highest BCUT2D eigenvalue weighted by Crippen LogP contribution is 2.34. The van der Waals surface area contributed by atoms with Crippen LogP contribution in [0.1, 0.15) is 19.3 Å². The van der Waals surface area contributed by atoms with E-state index in [1.807, 2.05) is 0 Å². The molecule has 1 aliphatic rings. The molecule has 1 saturated carbocycles.